The maximum absolute atomic E-state index is 12.8. The van der Waals surface area contributed by atoms with Gasteiger partial charge in [0.15, 0.2) is 6.61 Å². The Hall–Kier alpha value is -2.92. The van der Waals surface area contributed by atoms with Crippen LogP contribution in [0.4, 0.5) is 0 Å². The summed E-state index contributed by atoms with van der Waals surface area (Å²) < 4.78 is 5.29. The summed E-state index contributed by atoms with van der Waals surface area (Å²) in [6.07, 6.45) is 0. The molecular weight excluding hydrogens is 388 g/mol. The van der Waals surface area contributed by atoms with Gasteiger partial charge in [0.1, 0.15) is 0 Å². The number of amides is 1. The molecule has 0 radical (unpaired) electrons. The number of aromatic nitrogens is 1. The van der Waals surface area contributed by atoms with E-state index in [1.54, 1.807) is 18.2 Å². The average molecular weight is 411 g/mol. The van der Waals surface area contributed by atoms with Gasteiger partial charge in [-0.25, -0.2) is 9.78 Å². The molecule has 3 aromatic rings. The zero-order valence-corrected chi connectivity index (χ0v) is 17.4. The van der Waals surface area contributed by atoms with Crippen molar-refractivity contribution in [3.05, 3.63) is 65.2 Å². The second kappa shape index (κ2) is 9.05. The molecule has 0 aliphatic heterocycles. The van der Waals surface area contributed by atoms with Crippen molar-refractivity contribution in [2.45, 2.75) is 26.8 Å². The second-order valence-electron chi connectivity index (χ2n) is 7.23. The van der Waals surface area contributed by atoms with E-state index in [-0.39, 0.29) is 24.5 Å². The van der Waals surface area contributed by atoms with Crippen molar-refractivity contribution in [1.29, 1.82) is 0 Å². The number of halogens is 1. The summed E-state index contributed by atoms with van der Waals surface area (Å²) in [4.78, 5) is 29.5. The standard InChI is InChI=1S/C23H23ClN2O3/c1-14(2)15(3)25-22(27)13-29-23(28)18-12-21(17-9-4-6-10-19(17)24)26-20-11-7-5-8-16(18)20/h4-12,14-15H,13H2,1-3H3,(H,25,27)/t15-/m1/s1. The van der Waals surface area contributed by atoms with Gasteiger partial charge in [0.25, 0.3) is 5.91 Å². The average Bonchev–Trinajstić information content (AvgIpc) is 2.71. The van der Waals surface area contributed by atoms with E-state index >= 15 is 0 Å². The number of benzene rings is 2. The van der Waals surface area contributed by atoms with Crippen molar-refractivity contribution >= 4 is 34.4 Å². The highest BCUT2D eigenvalue weighted by atomic mass is 35.5. The van der Waals surface area contributed by atoms with Gasteiger partial charge in [0.2, 0.25) is 0 Å². The minimum Gasteiger partial charge on any atom is -0.452 e. The lowest BCUT2D eigenvalue weighted by molar-refractivity contribution is -0.125. The normalized spacial score (nSPS) is 12.0. The fourth-order valence-electron chi connectivity index (χ4n) is 2.82. The third-order valence-corrected chi connectivity index (χ3v) is 5.14. The molecule has 0 saturated heterocycles. The monoisotopic (exact) mass is 410 g/mol. The predicted octanol–water partition coefficient (Wildman–Crippen LogP) is 4.87. The molecule has 2 aromatic carbocycles. The van der Waals surface area contributed by atoms with E-state index in [0.29, 0.717) is 27.2 Å². The molecule has 0 fully saturated rings. The lowest BCUT2D eigenvalue weighted by Gasteiger charge is -2.17. The number of hydrogen-bond donors (Lipinski definition) is 1. The van der Waals surface area contributed by atoms with Crippen LogP contribution in [0.1, 0.15) is 31.1 Å². The van der Waals surface area contributed by atoms with Crippen LogP contribution in [-0.2, 0) is 9.53 Å². The Morgan fingerprint density at radius 3 is 2.48 bits per heavy atom. The van der Waals surface area contributed by atoms with Crippen molar-refractivity contribution in [2.24, 2.45) is 5.92 Å². The molecule has 0 spiro atoms. The van der Waals surface area contributed by atoms with Crippen molar-refractivity contribution < 1.29 is 14.3 Å². The first-order valence-electron chi connectivity index (χ1n) is 9.48. The summed E-state index contributed by atoms with van der Waals surface area (Å²) in [5, 5.41) is 4.02. The minimum atomic E-state index is -0.579. The first kappa shape index (κ1) is 20.8. The predicted molar refractivity (Wildman–Crippen MR) is 115 cm³/mol. The molecule has 1 atom stereocenters. The van der Waals surface area contributed by atoms with Gasteiger partial charge in [-0.2, -0.15) is 0 Å². The number of esters is 1. The van der Waals surface area contributed by atoms with Crippen LogP contribution in [-0.4, -0.2) is 29.5 Å². The molecule has 1 N–H and O–H groups in total. The quantitative estimate of drug-likeness (QED) is 0.588. The molecule has 0 aliphatic rings. The number of pyridine rings is 1. The molecule has 6 heteroatoms. The summed E-state index contributed by atoms with van der Waals surface area (Å²) in [7, 11) is 0. The Morgan fingerprint density at radius 1 is 1.07 bits per heavy atom. The summed E-state index contributed by atoms with van der Waals surface area (Å²) in [5.74, 6) is -0.620. The van der Waals surface area contributed by atoms with E-state index in [9.17, 15) is 9.59 Å². The van der Waals surface area contributed by atoms with Crippen LogP contribution in [0.5, 0.6) is 0 Å². The lowest BCUT2D eigenvalue weighted by atomic mass is 10.0. The first-order valence-corrected chi connectivity index (χ1v) is 9.85. The number of carbonyl (C=O) groups is 2. The maximum atomic E-state index is 12.8. The van der Waals surface area contributed by atoms with E-state index < -0.39 is 5.97 Å². The van der Waals surface area contributed by atoms with Crippen LogP contribution in [0.2, 0.25) is 5.02 Å². The highest BCUT2D eigenvalue weighted by molar-refractivity contribution is 6.33. The number of hydrogen-bond acceptors (Lipinski definition) is 4. The highest BCUT2D eigenvalue weighted by Gasteiger charge is 2.18. The zero-order chi connectivity index (χ0) is 21.0. The number of carbonyl (C=O) groups excluding carboxylic acids is 2. The van der Waals surface area contributed by atoms with Gasteiger partial charge >= 0.3 is 5.97 Å². The van der Waals surface area contributed by atoms with Crippen LogP contribution in [0, 0.1) is 5.92 Å². The van der Waals surface area contributed by atoms with Crippen LogP contribution in [0.15, 0.2) is 54.6 Å². The minimum absolute atomic E-state index is 0.00483. The Balaban J connectivity index is 1.89. The Morgan fingerprint density at radius 2 is 1.76 bits per heavy atom. The lowest BCUT2D eigenvalue weighted by Crippen LogP contribution is -2.38. The molecule has 0 aliphatic carbocycles. The number of nitrogens with zero attached hydrogens (tertiary/aromatic N) is 1. The van der Waals surface area contributed by atoms with E-state index in [4.69, 9.17) is 16.3 Å². The molecule has 150 valence electrons. The molecule has 1 amide bonds. The molecular formula is C23H23ClN2O3. The van der Waals surface area contributed by atoms with Gasteiger partial charge in [0, 0.05) is 22.0 Å². The molecule has 0 bridgehead atoms. The van der Waals surface area contributed by atoms with Crippen molar-refractivity contribution in [2.75, 3.05) is 6.61 Å². The fourth-order valence-corrected chi connectivity index (χ4v) is 3.05. The fraction of sp³-hybridized carbons (Fsp3) is 0.261. The van der Waals surface area contributed by atoms with Crippen LogP contribution in [0.25, 0.3) is 22.2 Å². The third-order valence-electron chi connectivity index (χ3n) is 4.81. The molecule has 5 nitrogen and oxygen atoms in total. The molecule has 0 saturated carbocycles. The van der Waals surface area contributed by atoms with E-state index in [1.807, 2.05) is 57.2 Å². The second-order valence-corrected chi connectivity index (χ2v) is 7.64. The number of ether oxygens (including phenoxy) is 1. The van der Waals surface area contributed by atoms with E-state index in [0.717, 1.165) is 5.56 Å². The van der Waals surface area contributed by atoms with Crippen LogP contribution in [0.3, 0.4) is 0 Å². The SMILES string of the molecule is CC(C)[C@@H](C)NC(=O)COC(=O)c1cc(-c2ccccc2Cl)nc2ccccc12. The first-order chi connectivity index (χ1) is 13.9. The van der Waals surface area contributed by atoms with Gasteiger partial charge in [-0.15, -0.1) is 0 Å². The number of rotatable bonds is 6. The van der Waals surface area contributed by atoms with Gasteiger partial charge < -0.3 is 10.1 Å². The molecule has 29 heavy (non-hydrogen) atoms. The summed E-state index contributed by atoms with van der Waals surface area (Å²) >= 11 is 6.31. The number of fused-ring (bicyclic) bond motifs is 1. The Labute approximate surface area is 175 Å². The molecule has 1 heterocycles. The number of para-hydroxylation sites is 1. The topological polar surface area (TPSA) is 68.3 Å². The zero-order valence-electron chi connectivity index (χ0n) is 16.6. The van der Waals surface area contributed by atoms with Crippen molar-refractivity contribution in [3.63, 3.8) is 0 Å². The molecule has 1 aromatic heterocycles. The van der Waals surface area contributed by atoms with Crippen molar-refractivity contribution in [1.82, 2.24) is 10.3 Å². The third kappa shape index (κ3) is 4.93. The summed E-state index contributed by atoms with van der Waals surface area (Å²) in [5.41, 5.74) is 2.28. The largest absolute Gasteiger partial charge is 0.452 e. The summed E-state index contributed by atoms with van der Waals surface area (Å²) in [6.45, 7) is 5.59. The van der Waals surface area contributed by atoms with Gasteiger partial charge in [-0.3, -0.25) is 4.79 Å². The Bertz CT molecular complexity index is 1050. The van der Waals surface area contributed by atoms with Gasteiger partial charge in [-0.05, 0) is 31.0 Å². The number of nitrogens with one attached hydrogen (secondary N) is 1. The van der Waals surface area contributed by atoms with Crippen LogP contribution >= 0.6 is 11.6 Å². The maximum Gasteiger partial charge on any atom is 0.339 e. The summed E-state index contributed by atoms with van der Waals surface area (Å²) in [6, 6.07) is 16.3. The molecule has 3 rings (SSSR count). The smallest absolute Gasteiger partial charge is 0.339 e. The Kier molecular flexibility index (Phi) is 6.49. The molecule has 0 unspecified atom stereocenters. The van der Waals surface area contributed by atoms with Gasteiger partial charge in [0.05, 0.1) is 16.8 Å². The highest BCUT2D eigenvalue weighted by Crippen LogP contribution is 2.30. The van der Waals surface area contributed by atoms with Gasteiger partial charge in [-0.1, -0.05) is 61.8 Å². The van der Waals surface area contributed by atoms with E-state index in [2.05, 4.69) is 10.3 Å². The van der Waals surface area contributed by atoms with Crippen molar-refractivity contribution in [3.8, 4) is 11.3 Å². The van der Waals surface area contributed by atoms with Crippen LogP contribution < -0.4 is 5.32 Å². The van der Waals surface area contributed by atoms with E-state index in [1.165, 1.54) is 0 Å².